The number of carbonyl (C=O) groups excluding carboxylic acids is 1. The zero-order chi connectivity index (χ0) is 24.9. The maximum Gasteiger partial charge on any atom is 0.255 e. The third-order valence-electron chi connectivity index (χ3n) is 5.22. The smallest absolute Gasteiger partial charge is 0.255 e. The Morgan fingerprint density at radius 2 is 1.81 bits per heavy atom. The molecular formula is C27H21BrN6OS. The summed E-state index contributed by atoms with van der Waals surface area (Å²) in [6, 6.07) is 25.0. The molecule has 3 heterocycles. The number of carbonyl (C=O) groups is 1. The molecule has 0 radical (unpaired) electrons. The second kappa shape index (κ2) is 10.8. The molecule has 0 unspecified atom stereocenters. The van der Waals surface area contributed by atoms with E-state index in [1.807, 2.05) is 61.5 Å². The van der Waals surface area contributed by atoms with Crippen molar-refractivity contribution in [3.63, 3.8) is 0 Å². The van der Waals surface area contributed by atoms with E-state index < -0.39 is 0 Å². The highest BCUT2D eigenvalue weighted by Gasteiger charge is 2.11. The lowest BCUT2D eigenvalue weighted by Crippen LogP contribution is -2.03. The van der Waals surface area contributed by atoms with E-state index in [9.17, 15) is 4.79 Å². The topological polar surface area (TPSA) is 85.1 Å². The van der Waals surface area contributed by atoms with Crippen LogP contribution in [0.25, 0.3) is 11.9 Å². The molecule has 0 aliphatic rings. The van der Waals surface area contributed by atoms with Crippen LogP contribution in [0.5, 0.6) is 0 Å². The number of nitrogens with one attached hydrogen (secondary N) is 1. The molecule has 0 spiro atoms. The molecule has 2 aromatic carbocycles. The van der Waals surface area contributed by atoms with Gasteiger partial charge in [0.05, 0.1) is 5.69 Å². The van der Waals surface area contributed by atoms with Gasteiger partial charge in [0.1, 0.15) is 10.4 Å². The van der Waals surface area contributed by atoms with E-state index in [2.05, 4.69) is 53.4 Å². The van der Waals surface area contributed by atoms with E-state index in [1.54, 1.807) is 34.5 Å². The average Bonchev–Trinajstić information content (AvgIpc) is 3.30. The molecule has 3 aromatic heterocycles. The summed E-state index contributed by atoms with van der Waals surface area (Å²) in [5.74, 6) is 1.96. The van der Waals surface area contributed by atoms with Gasteiger partial charge < -0.3 is 5.32 Å². The van der Waals surface area contributed by atoms with Crippen molar-refractivity contribution in [2.24, 2.45) is 0 Å². The normalized spacial score (nSPS) is 11.3. The molecule has 7 nitrogen and oxygen atoms in total. The number of allylic oxidation sites excluding steroid dienone is 1. The molecule has 0 aliphatic heterocycles. The van der Waals surface area contributed by atoms with Crippen LogP contribution in [0.3, 0.4) is 0 Å². The zero-order valence-electron chi connectivity index (χ0n) is 19.3. The van der Waals surface area contributed by atoms with Crippen molar-refractivity contribution in [2.45, 2.75) is 17.8 Å². The quantitative estimate of drug-likeness (QED) is 0.101. The first-order valence-electron chi connectivity index (χ1n) is 11.2. The van der Waals surface area contributed by atoms with Gasteiger partial charge in [-0.05, 0) is 77.0 Å². The largest absolute Gasteiger partial charge is 0.340 e. The maximum atomic E-state index is 12.6. The number of benzene rings is 2. The number of fused-ring (bicyclic) bond motifs is 1. The number of hydrogen-bond donors (Lipinski definition) is 1. The predicted octanol–water partition coefficient (Wildman–Crippen LogP) is 6.52. The Bertz CT molecular complexity index is 1550. The van der Waals surface area contributed by atoms with Crippen molar-refractivity contribution in [2.75, 3.05) is 5.32 Å². The zero-order valence-corrected chi connectivity index (χ0v) is 21.7. The van der Waals surface area contributed by atoms with E-state index in [0.29, 0.717) is 22.2 Å². The van der Waals surface area contributed by atoms with Crippen molar-refractivity contribution in [3.05, 3.63) is 112 Å². The monoisotopic (exact) mass is 556 g/mol. The Kier molecular flexibility index (Phi) is 7.20. The minimum absolute atomic E-state index is 0.0955. The molecule has 0 aliphatic carbocycles. The van der Waals surface area contributed by atoms with Crippen molar-refractivity contribution in [1.29, 1.82) is 0 Å². The van der Waals surface area contributed by atoms with Crippen LogP contribution in [0.15, 0.2) is 94.7 Å². The molecular weight excluding hydrogens is 536 g/mol. The van der Waals surface area contributed by atoms with Gasteiger partial charge in [-0.2, -0.15) is 9.50 Å². The lowest BCUT2D eigenvalue weighted by atomic mass is 10.1. The predicted molar refractivity (Wildman–Crippen MR) is 147 cm³/mol. The van der Waals surface area contributed by atoms with Gasteiger partial charge in [0.25, 0.3) is 5.78 Å². The second-order valence-electron chi connectivity index (χ2n) is 7.95. The summed E-state index contributed by atoms with van der Waals surface area (Å²) in [4.78, 5) is 26.0. The van der Waals surface area contributed by atoms with Crippen LogP contribution in [-0.4, -0.2) is 30.3 Å². The van der Waals surface area contributed by atoms with Crippen molar-refractivity contribution in [3.8, 4) is 0 Å². The number of hydrogen-bond acceptors (Lipinski definition) is 7. The Labute approximate surface area is 220 Å². The Morgan fingerprint density at radius 3 is 2.58 bits per heavy atom. The van der Waals surface area contributed by atoms with Crippen molar-refractivity contribution >= 4 is 56.8 Å². The van der Waals surface area contributed by atoms with Gasteiger partial charge in [-0.3, -0.25) is 4.79 Å². The summed E-state index contributed by atoms with van der Waals surface area (Å²) in [6.07, 6.45) is 3.23. The van der Waals surface area contributed by atoms with Gasteiger partial charge in [-0.25, -0.2) is 9.97 Å². The van der Waals surface area contributed by atoms with Crippen LogP contribution in [0.2, 0.25) is 0 Å². The van der Waals surface area contributed by atoms with Crippen LogP contribution in [0, 0.1) is 6.92 Å². The van der Waals surface area contributed by atoms with Crippen LogP contribution in [-0.2, 0) is 5.75 Å². The molecule has 0 saturated heterocycles. The van der Waals surface area contributed by atoms with E-state index >= 15 is 0 Å². The second-order valence-corrected chi connectivity index (χ2v) is 9.70. The first-order valence-corrected chi connectivity index (χ1v) is 12.9. The number of pyridine rings is 1. The lowest BCUT2D eigenvalue weighted by molar-refractivity contribution is 0.104. The fourth-order valence-corrected chi connectivity index (χ4v) is 4.61. The highest BCUT2D eigenvalue weighted by Crippen LogP contribution is 2.23. The summed E-state index contributed by atoms with van der Waals surface area (Å²) >= 11 is 4.90. The minimum atomic E-state index is -0.0955. The maximum absolute atomic E-state index is 12.6. The number of aromatic nitrogens is 5. The minimum Gasteiger partial charge on any atom is -0.340 e. The van der Waals surface area contributed by atoms with Gasteiger partial charge >= 0.3 is 0 Å². The average molecular weight is 557 g/mol. The first-order chi connectivity index (χ1) is 17.5. The van der Waals surface area contributed by atoms with Crippen LogP contribution in [0.1, 0.15) is 27.3 Å². The highest BCUT2D eigenvalue weighted by molar-refractivity contribution is 9.10. The van der Waals surface area contributed by atoms with Crippen molar-refractivity contribution < 1.29 is 4.79 Å². The number of thioether (sulfide) groups is 1. The third kappa shape index (κ3) is 5.87. The third-order valence-corrected chi connectivity index (χ3v) is 6.57. The van der Waals surface area contributed by atoms with E-state index in [-0.39, 0.29) is 5.78 Å². The van der Waals surface area contributed by atoms with Gasteiger partial charge in [-0.15, -0.1) is 5.10 Å². The SMILES string of the molecule is Cc1cc(Nc2ccc(C(=O)/C=C/c3cccc(Br)n3)cc2)n2nc(SCc3ccccc3)nc2n1. The standard InChI is InChI=1S/C27H21BrN6OS/c1-18-16-25(34-26(29-18)32-27(33-34)36-17-19-6-3-2-4-7-19)31-22-12-10-20(11-13-22)23(35)15-14-21-8-5-9-24(28)30-21/h2-16,31H,17H2,1H3/b15-14+. The van der Waals surface area contributed by atoms with Gasteiger partial charge in [-0.1, -0.05) is 48.2 Å². The van der Waals surface area contributed by atoms with Gasteiger partial charge in [0.15, 0.2) is 5.78 Å². The number of anilines is 2. The molecule has 0 fully saturated rings. The number of aryl methyl sites for hydroxylation is 1. The number of halogens is 1. The first kappa shape index (κ1) is 23.9. The van der Waals surface area contributed by atoms with E-state index in [0.717, 1.165) is 27.6 Å². The fraction of sp³-hybridized carbons (Fsp3) is 0.0741. The van der Waals surface area contributed by atoms with Crippen LogP contribution < -0.4 is 5.32 Å². The Morgan fingerprint density at radius 1 is 1.00 bits per heavy atom. The number of nitrogens with zero attached hydrogens (tertiary/aromatic N) is 5. The van der Waals surface area contributed by atoms with Crippen LogP contribution >= 0.6 is 27.7 Å². The molecule has 0 bridgehead atoms. The van der Waals surface area contributed by atoms with E-state index in [4.69, 9.17) is 0 Å². The van der Waals surface area contributed by atoms with Crippen molar-refractivity contribution in [1.82, 2.24) is 24.6 Å². The lowest BCUT2D eigenvalue weighted by Gasteiger charge is -2.09. The molecule has 36 heavy (non-hydrogen) atoms. The highest BCUT2D eigenvalue weighted by atomic mass is 79.9. The van der Waals surface area contributed by atoms with Gasteiger partial charge in [0.2, 0.25) is 5.16 Å². The summed E-state index contributed by atoms with van der Waals surface area (Å²) in [7, 11) is 0. The summed E-state index contributed by atoms with van der Waals surface area (Å²) < 4.78 is 2.43. The van der Waals surface area contributed by atoms with Crippen LogP contribution in [0.4, 0.5) is 11.5 Å². The molecule has 9 heteroatoms. The molecule has 0 atom stereocenters. The number of ketones is 1. The fourth-order valence-electron chi connectivity index (χ4n) is 3.48. The molecule has 178 valence electrons. The summed E-state index contributed by atoms with van der Waals surface area (Å²) in [5, 5.41) is 8.67. The number of rotatable bonds is 8. The molecule has 5 rings (SSSR count). The summed E-state index contributed by atoms with van der Waals surface area (Å²) in [6.45, 7) is 1.92. The molecule has 1 N–H and O–H groups in total. The Hall–Kier alpha value is -3.82. The van der Waals surface area contributed by atoms with E-state index in [1.165, 1.54) is 11.6 Å². The molecule has 0 amide bonds. The molecule has 0 saturated carbocycles. The molecule has 5 aromatic rings. The Balaban J connectivity index is 1.30. The summed E-state index contributed by atoms with van der Waals surface area (Å²) in [5.41, 5.74) is 4.16. The van der Waals surface area contributed by atoms with Gasteiger partial charge in [0, 0.05) is 28.8 Å².